The van der Waals surface area contributed by atoms with Gasteiger partial charge in [0.25, 0.3) is 0 Å². The Morgan fingerprint density at radius 1 is 1.41 bits per heavy atom. The quantitative estimate of drug-likeness (QED) is 0.789. The van der Waals surface area contributed by atoms with Gasteiger partial charge in [0.15, 0.2) is 0 Å². The monoisotopic (exact) mass is 322 g/mol. The van der Waals surface area contributed by atoms with E-state index >= 15 is 0 Å². The highest BCUT2D eigenvalue weighted by Gasteiger charge is 2.27. The van der Waals surface area contributed by atoms with E-state index in [2.05, 4.69) is 13.0 Å². The van der Waals surface area contributed by atoms with Gasteiger partial charge in [0.2, 0.25) is 0 Å². The van der Waals surface area contributed by atoms with Crippen LogP contribution in [-0.2, 0) is 4.74 Å². The number of carbonyl (C=O) groups is 1. The van der Waals surface area contributed by atoms with Crippen molar-refractivity contribution in [2.45, 2.75) is 33.3 Å². The number of halogens is 1. The number of benzene rings is 1. The predicted octanol–water partition coefficient (Wildman–Crippen LogP) is 4.19. The van der Waals surface area contributed by atoms with E-state index in [4.69, 9.17) is 22.1 Å². The minimum Gasteiger partial charge on any atom is -0.444 e. The SMILES string of the molecule is CC1C=C(c2ccc(Cl)c(N)c2)CN(C(=O)OC(C)(C)C)C1. The molecule has 22 heavy (non-hydrogen) atoms. The van der Waals surface area contributed by atoms with Gasteiger partial charge in [-0.15, -0.1) is 0 Å². The van der Waals surface area contributed by atoms with E-state index in [9.17, 15) is 4.79 Å². The van der Waals surface area contributed by atoms with E-state index in [0.29, 0.717) is 23.8 Å². The molecule has 2 N–H and O–H groups in total. The van der Waals surface area contributed by atoms with Crippen LogP contribution >= 0.6 is 11.6 Å². The molecular weight excluding hydrogens is 300 g/mol. The molecular formula is C17H23ClN2O2. The summed E-state index contributed by atoms with van der Waals surface area (Å²) in [6, 6.07) is 5.56. The molecule has 1 atom stereocenters. The molecule has 1 unspecified atom stereocenters. The molecule has 0 aromatic heterocycles. The molecule has 0 aliphatic carbocycles. The van der Waals surface area contributed by atoms with E-state index < -0.39 is 5.60 Å². The molecule has 4 nitrogen and oxygen atoms in total. The summed E-state index contributed by atoms with van der Waals surface area (Å²) in [7, 11) is 0. The Morgan fingerprint density at radius 2 is 2.09 bits per heavy atom. The second-order valence-corrected chi connectivity index (χ2v) is 7.17. The van der Waals surface area contributed by atoms with Crippen LogP contribution in [0.25, 0.3) is 5.57 Å². The number of nitrogens with two attached hydrogens (primary N) is 1. The van der Waals surface area contributed by atoms with Gasteiger partial charge in [-0.1, -0.05) is 30.7 Å². The minimum atomic E-state index is -0.494. The van der Waals surface area contributed by atoms with E-state index in [-0.39, 0.29) is 12.0 Å². The van der Waals surface area contributed by atoms with Crippen LogP contribution in [0.3, 0.4) is 0 Å². The lowest BCUT2D eigenvalue weighted by Crippen LogP contribution is -2.41. The Hall–Kier alpha value is -1.68. The van der Waals surface area contributed by atoms with Crippen molar-refractivity contribution in [3.63, 3.8) is 0 Å². The van der Waals surface area contributed by atoms with E-state index in [0.717, 1.165) is 11.1 Å². The molecule has 0 spiro atoms. The summed E-state index contributed by atoms with van der Waals surface area (Å²) in [6.45, 7) is 8.86. The molecule has 1 aromatic carbocycles. The van der Waals surface area contributed by atoms with Crippen LogP contribution in [0.5, 0.6) is 0 Å². The number of anilines is 1. The number of ether oxygens (including phenoxy) is 1. The third-order valence-corrected chi connectivity index (χ3v) is 3.72. The van der Waals surface area contributed by atoms with Crippen molar-refractivity contribution in [2.75, 3.05) is 18.8 Å². The van der Waals surface area contributed by atoms with Gasteiger partial charge in [-0.3, -0.25) is 0 Å². The molecule has 120 valence electrons. The zero-order chi connectivity index (χ0) is 16.5. The normalized spacial score (nSPS) is 18.9. The number of nitrogen functional groups attached to an aromatic ring is 1. The van der Waals surface area contributed by atoms with E-state index in [1.807, 2.05) is 32.9 Å². The van der Waals surface area contributed by atoms with E-state index in [1.165, 1.54) is 0 Å². The second-order valence-electron chi connectivity index (χ2n) is 6.77. The molecule has 1 aliphatic heterocycles. The fraction of sp³-hybridized carbons (Fsp3) is 0.471. The van der Waals surface area contributed by atoms with Gasteiger partial charge >= 0.3 is 6.09 Å². The first-order chi connectivity index (χ1) is 10.2. The van der Waals surface area contributed by atoms with Crippen molar-refractivity contribution in [1.29, 1.82) is 0 Å². The zero-order valence-electron chi connectivity index (χ0n) is 13.5. The smallest absolute Gasteiger partial charge is 0.410 e. The number of rotatable bonds is 1. The number of amides is 1. The largest absolute Gasteiger partial charge is 0.444 e. The van der Waals surface area contributed by atoms with Crippen LogP contribution in [0.2, 0.25) is 5.02 Å². The number of nitrogens with zero attached hydrogens (tertiary/aromatic N) is 1. The van der Waals surface area contributed by atoms with Crippen molar-refractivity contribution in [1.82, 2.24) is 4.90 Å². The Balaban J connectivity index is 2.20. The van der Waals surface area contributed by atoms with Gasteiger partial charge in [0.1, 0.15) is 5.60 Å². The van der Waals surface area contributed by atoms with Gasteiger partial charge in [-0.2, -0.15) is 0 Å². The minimum absolute atomic E-state index is 0.258. The van der Waals surface area contributed by atoms with Gasteiger partial charge in [-0.05, 0) is 50.0 Å². The summed E-state index contributed by atoms with van der Waals surface area (Å²) in [5, 5.41) is 0.539. The van der Waals surface area contributed by atoms with Crippen molar-refractivity contribution in [3.8, 4) is 0 Å². The summed E-state index contributed by atoms with van der Waals surface area (Å²) >= 11 is 5.97. The molecule has 0 radical (unpaired) electrons. The van der Waals surface area contributed by atoms with Gasteiger partial charge in [0, 0.05) is 13.1 Å². The first-order valence-corrected chi connectivity index (χ1v) is 7.77. The highest BCUT2D eigenvalue weighted by Crippen LogP contribution is 2.28. The standard InChI is InChI=1S/C17H23ClN2O2/c1-11-7-13(12-5-6-14(18)15(19)8-12)10-20(9-11)16(21)22-17(2,3)4/h5-8,11H,9-10,19H2,1-4H3. The van der Waals surface area contributed by atoms with Crippen molar-refractivity contribution < 1.29 is 9.53 Å². The van der Waals surface area contributed by atoms with Crippen molar-refractivity contribution in [3.05, 3.63) is 34.9 Å². The molecule has 0 bridgehead atoms. The topological polar surface area (TPSA) is 55.6 Å². The summed E-state index contributed by atoms with van der Waals surface area (Å²) in [6.07, 6.45) is 1.88. The maximum atomic E-state index is 12.3. The van der Waals surface area contributed by atoms with Crippen LogP contribution in [0.1, 0.15) is 33.3 Å². The molecule has 1 amide bonds. The summed E-state index contributed by atoms with van der Waals surface area (Å²) in [5.41, 5.74) is 7.98. The molecule has 1 aromatic rings. The molecule has 5 heteroatoms. The van der Waals surface area contributed by atoms with E-state index in [1.54, 1.807) is 11.0 Å². The highest BCUT2D eigenvalue weighted by molar-refractivity contribution is 6.33. The van der Waals surface area contributed by atoms with Gasteiger partial charge in [0.05, 0.1) is 10.7 Å². The Bertz CT molecular complexity index is 605. The molecule has 0 fully saturated rings. The summed E-state index contributed by atoms with van der Waals surface area (Å²) < 4.78 is 5.47. The highest BCUT2D eigenvalue weighted by atomic mass is 35.5. The Kier molecular flexibility index (Phi) is 4.71. The fourth-order valence-electron chi connectivity index (χ4n) is 2.46. The molecule has 2 rings (SSSR count). The lowest BCUT2D eigenvalue weighted by Gasteiger charge is -2.33. The zero-order valence-corrected chi connectivity index (χ0v) is 14.3. The van der Waals surface area contributed by atoms with Crippen molar-refractivity contribution >= 4 is 29.0 Å². The third-order valence-electron chi connectivity index (χ3n) is 3.37. The maximum absolute atomic E-state index is 12.3. The number of hydrogen-bond acceptors (Lipinski definition) is 3. The third kappa shape index (κ3) is 4.17. The first-order valence-electron chi connectivity index (χ1n) is 7.40. The van der Waals surface area contributed by atoms with Crippen LogP contribution < -0.4 is 5.73 Å². The van der Waals surface area contributed by atoms with Gasteiger partial charge < -0.3 is 15.4 Å². The Morgan fingerprint density at radius 3 is 2.68 bits per heavy atom. The predicted molar refractivity (Wildman–Crippen MR) is 90.8 cm³/mol. The summed E-state index contributed by atoms with van der Waals surface area (Å²) in [4.78, 5) is 14.0. The average molecular weight is 323 g/mol. The first kappa shape index (κ1) is 16.7. The van der Waals surface area contributed by atoms with Crippen molar-refractivity contribution in [2.24, 2.45) is 5.92 Å². The maximum Gasteiger partial charge on any atom is 0.410 e. The lowest BCUT2D eigenvalue weighted by molar-refractivity contribution is 0.0253. The molecule has 1 heterocycles. The summed E-state index contributed by atoms with van der Waals surface area (Å²) in [5.74, 6) is 0.258. The van der Waals surface area contributed by atoms with Crippen LogP contribution in [0, 0.1) is 5.92 Å². The van der Waals surface area contributed by atoms with Gasteiger partial charge in [-0.25, -0.2) is 4.79 Å². The van der Waals surface area contributed by atoms with Crippen LogP contribution in [-0.4, -0.2) is 29.7 Å². The lowest BCUT2D eigenvalue weighted by atomic mass is 9.96. The number of hydrogen-bond donors (Lipinski definition) is 1. The molecule has 0 saturated carbocycles. The number of carbonyl (C=O) groups excluding carboxylic acids is 1. The van der Waals surface area contributed by atoms with Crippen LogP contribution in [0.15, 0.2) is 24.3 Å². The Labute approximate surface area is 136 Å². The fourth-order valence-corrected chi connectivity index (χ4v) is 2.58. The molecule has 1 aliphatic rings. The molecule has 0 saturated heterocycles. The average Bonchev–Trinajstić information content (AvgIpc) is 2.39. The second kappa shape index (κ2) is 6.21. The van der Waals surface area contributed by atoms with Crippen LogP contribution in [0.4, 0.5) is 10.5 Å².